The molecule has 328 valence electrons. The summed E-state index contributed by atoms with van der Waals surface area (Å²) in [5, 5.41) is 50.5. The molecule has 0 saturated carbocycles. The number of rotatable bonds is 22. The Balaban J connectivity index is 1.81. The molecule has 4 aromatic rings. The van der Waals surface area contributed by atoms with Crippen molar-refractivity contribution in [1.29, 1.82) is 0 Å². The van der Waals surface area contributed by atoms with Crippen molar-refractivity contribution in [2.75, 3.05) is 44.7 Å². The van der Waals surface area contributed by atoms with Crippen molar-refractivity contribution in [3.05, 3.63) is 48.5 Å². The number of methoxy groups -OCH3 is 2. The highest BCUT2D eigenvalue weighted by molar-refractivity contribution is 7.94. The third kappa shape index (κ3) is 12.4. The molecule has 0 aliphatic rings. The van der Waals surface area contributed by atoms with Crippen molar-refractivity contribution in [2.24, 2.45) is 20.5 Å². The molecule has 0 saturated heterocycles. The van der Waals surface area contributed by atoms with Crippen LogP contribution in [0.3, 0.4) is 0 Å². The molecule has 0 amide bonds. The maximum absolute atomic E-state index is 13.1. The normalized spacial score (nSPS) is 12.8. The molecule has 0 aliphatic carbocycles. The van der Waals surface area contributed by atoms with Crippen LogP contribution in [-0.4, -0.2) is 97.3 Å². The fourth-order valence-electron chi connectivity index (χ4n) is 4.81. The van der Waals surface area contributed by atoms with Gasteiger partial charge in [0.25, 0.3) is 10.1 Å². The van der Waals surface area contributed by atoms with Crippen LogP contribution in [0.15, 0.2) is 88.6 Å². The zero-order valence-corrected chi connectivity index (χ0v) is 34.9. The number of aromatic hydroxyl groups is 1. The van der Waals surface area contributed by atoms with Crippen LogP contribution in [0.1, 0.15) is 0 Å². The number of anilines is 1. The van der Waals surface area contributed by atoms with Crippen LogP contribution in [-0.2, 0) is 67.3 Å². The third-order valence-electron chi connectivity index (χ3n) is 7.40. The molecule has 0 aromatic heterocycles. The average Bonchev–Trinajstić information content (AvgIpc) is 3.18. The Morgan fingerprint density at radius 3 is 1.95 bits per heavy atom. The second-order valence-corrected chi connectivity index (χ2v) is 18.9. The summed E-state index contributed by atoms with van der Waals surface area (Å²) in [6, 6.07) is 8.41. The van der Waals surface area contributed by atoms with Gasteiger partial charge in [0.15, 0.2) is 37.7 Å². The van der Waals surface area contributed by atoms with Crippen LogP contribution in [0.5, 0.6) is 17.2 Å². The molecule has 4 aromatic carbocycles. The number of benzene rings is 4. The van der Waals surface area contributed by atoms with Crippen LogP contribution < -0.4 is 15.2 Å². The molecule has 26 nitrogen and oxygen atoms in total. The molecule has 4 rings (SSSR count). The second-order valence-electron chi connectivity index (χ2n) is 11.0. The van der Waals surface area contributed by atoms with Crippen molar-refractivity contribution >= 4 is 104 Å². The fraction of sp³-hybridized carbons (Fsp3) is 0.214. The molecule has 0 radical (unpaired) electrons. The summed E-state index contributed by atoms with van der Waals surface area (Å²) < 4.78 is 145. The number of ether oxygens (including phenoxy) is 2. The van der Waals surface area contributed by atoms with E-state index in [1.54, 1.807) is 0 Å². The molecule has 0 bridgehead atoms. The van der Waals surface area contributed by atoms with Gasteiger partial charge in [0.05, 0.1) is 77.5 Å². The standard InChI is InChI=1S/C28H29N5O21S6/c1-47-20-14-24(58(39,40)9-7-49-56-54-52-36)21(48-2)12-18(20)31-33-27-22(55-53-51-35)11-17-23(59(41,42)43)13-19(26(29)25(17)28(27)34)32-30-15-3-5-16(6-4-15)57(37,38)10-8-50-60(44,45)46/h3-6,11-14,34-36H,7-10,29H2,1-2H3,(H,41,42,43)(H,44,45,46). The Kier molecular flexibility index (Phi) is 16.5. The lowest BCUT2D eigenvalue weighted by Crippen LogP contribution is -2.15. The highest BCUT2D eigenvalue weighted by Crippen LogP contribution is 2.50. The maximum atomic E-state index is 13.1. The average molecular weight is 964 g/mol. The Bertz CT molecular complexity index is 2720. The quantitative estimate of drug-likeness (QED) is 0.0114. The predicted molar refractivity (Wildman–Crippen MR) is 205 cm³/mol. The number of hydrogen-bond donors (Lipinski definition) is 6. The monoisotopic (exact) mass is 963 g/mol. The van der Waals surface area contributed by atoms with Gasteiger partial charge in [-0.3, -0.25) is 13.3 Å². The zero-order chi connectivity index (χ0) is 44.5. The first kappa shape index (κ1) is 48.3. The summed E-state index contributed by atoms with van der Waals surface area (Å²) >= 11 is 0.339. The van der Waals surface area contributed by atoms with Gasteiger partial charge >= 0.3 is 10.4 Å². The lowest BCUT2D eigenvalue weighted by molar-refractivity contribution is -0.434. The molecule has 60 heavy (non-hydrogen) atoms. The van der Waals surface area contributed by atoms with Crippen molar-refractivity contribution in [3.63, 3.8) is 0 Å². The van der Waals surface area contributed by atoms with E-state index in [1.807, 2.05) is 0 Å². The summed E-state index contributed by atoms with van der Waals surface area (Å²) in [6.45, 7) is -1.31. The van der Waals surface area contributed by atoms with Gasteiger partial charge in [-0.25, -0.2) is 31.5 Å². The van der Waals surface area contributed by atoms with E-state index in [1.165, 1.54) is 7.11 Å². The van der Waals surface area contributed by atoms with Gasteiger partial charge in [0, 0.05) is 17.5 Å². The smallest absolute Gasteiger partial charge is 0.397 e. The van der Waals surface area contributed by atoms with Gasteiger partial charge in [-0.05, 0) is 36.4 Å². The Morgan fingerprint density at radius 1 is 0.717 bits per heavy atom. The van der Waals surface area contributed by atoms with E-state index in [4.69, 9.17) is 34.5 Å². The van der Waals surface area contributed by atoms with Gasteiger partial charge in [0.1, 0.15) is 38.4 Å². The topological polar surface area (TPSA) is 387 Å². The first-order valence-electron chi connectivity index (χ1n) is 15.4. The third-order valence-corrected chi connectivity index (χ3v) is 13.1. The molecular weight excluding hydrogens is 935 g/mol. The van der Waals surface area contributed by atoms with Gasteiger partial charge in [-0.2, -0.15) is 21.9 Å². The van der Waals surface area contributed by atoms with Crippen molar-refractivity contribution in [2.45, 2.75) is 19.6 Å². The van der Waals surface area contributed by atoms with Gasteiger partial charge in [-0.15, -0.1) is 24.0 Å². The first-order valence-corrected chi connectivity index (χ1v) is 23.0. The molecule has 0 atom stereocenters. The number of phenolic OH excluding ortho intramolecular Hbond substituents is 1. The van der Waals surface area contributed by atoms with Crippen LogP contribution in [0.25, 0.3) is 10.8 Å². The Hall–Kier alpha value is -4.36. The lowest BCUT2D eigenvalue weighted by atomic mass is 10.0. The summed E-state index contributed by atoms with van der Waals surface area (Å²) in [6.07, 6.45) is 0. The second kappa shape index (κ2) is 20.5. The van der Waals surface area contributed by atoms with E-state index in [2.05, 4.69) is 43.4 Å². The van der Waals surface area contributed by atoms with E-state index in [-0.39, 0.29) is 61.9 Å². The molecular formula is C28H29N5O21S6. The minimum Gasteiger partial charge on any atom is -0.505 e. The molecule has 0 heterocycles. The Morgan fingerprint density at radius 2 is 1.35 bits per heavy atom. The van der Waals surface area contributed by atoms with Crippen LogP contribution >= 0.6 is 24.4 Å². The molecule has 32 heteroatoms. The number of hydrogen-bond acceptors (Lipinski definition) is 26. The van der Waals surface area contributed by atoms with Crippen LogP contribution in [0, 0.1) is 0 Å². The SMILES string of the molecule is COc1cc(S(=O)(=O)CCOSOOO)c(OC)cc1N=Nc1c(SOOO)cc2c(S(=O)(=O)O)cc(N=Nc3ccc(S(=O)(=O)CCOS(=O)(=O)O)cc3)c(N)c2c1O. The number of nitrogen functional groups attached to an aromatic ring is 1. The maximum Gasteiger partial charge on any atom is 0.397 e. The number of fused-ring (bicyclic) bond motifs is 1. The van der Waals surface area contributed by atoms with Crippen LogP contribution in [0.2, 0.25) is 0 Å². The summed E-state index contributed by atoms with van der Waals surface area (Å²) in [7, 11) is -16.0. The summed E-state index contributed by atoms with van der Waals surface area (Å²) in [5.74, 6) is -2.79. The Labute approximate surface area is 347 Å². The first-order chi connectivity index (χ1) is 28.2. The number of phenols is 1. The van der Waals surface area contributed by atoms with Crippen LogP contribution in [0.4, 0.5) is 28.4 Å². The van der Waals surface area contributed by atoms with E-state index >= 15 is 0 Å². The minimum atomic E-state index is -5.15. The highest BCUT2D eigenvalue weighted by atomic mass is 32.3. The minimum absolute atomic E-state index is 0.0269. The van der Waals surface area contributed by atoms with E-state index in [9.17, 15) is 43.3 Å². The molecule has 0 spiro atoms. The van der Waals surface area contributed by atoms with Crippen molar-refractivity contribution in [3.8, 4) is 17.2 Å². The number of azo groups is 2. The summed E-state index contributed by atoms with van der Waals surface area (Å²) in [5.41, 5.74) is 4.68. The highest BCUT2D eigenvalue weighted by Gasteiger charge is 2.27. The van der Waals surface area contributed by atoms with Crippen molar-refractivity contribution < 1.29 is 95.0 Å². The lowest BCUT2D eigenvalue weighted by Gasteiger charge is -2.15. The zero-order valence-electron chi connectivity index (χ0n) is 30.0. The predicted octanol–water partition coefficient (Wildman–Crippen LogP) is 5.02. The van der Waals surface area contributed by atoms with Crippen molar-refractivity contribution in [1.82, 2.24) is 0 Å². The molecule has 7 N–H and O–H groups in total. The number of sulfone groups is 2. The molecule has 0 aliphatic heterocycles. The van der Waals surface area contributed by atoms with Gasteiger partial charge in [-0.1, -0.05) is 10.1 Å². The van der Waals surface area contributed by atoms with Gasteiger partial charge < -0.3 is 20.3 Å². The van der Waals surface area contributed by atoms with E-state index in [0.717, 1.165) is 55.6 Å². The number of nitrogens with two attached hydrogens (primary N) is 1. The van der Waals surface area contributed by atoms with E-state index in [0.29, 0.717) is 0 Å². The number of nitrogens with zero attached hydrogens (tertiary/aromatic N) is 4. The van der Waals surface area contributed by atoms with Gasteiger partial charge in [0.2, 0.25) is 0 Å². The summed E-state index contributed by atoms with van der Waals surface area (Å²) in [4.78, 5) is -1.85. The molecule has 0 unspecified atom stereocenters. The molecule has 0 fully saturated rings. The fourth-order valence-corrected chi connectivity index (χ4v) is 9.07. The largest absolute Gasteiger partial charge is 0.505 e. The van der Waals surface area contributed by atoms with E-state index < -0.39 is 103 Å².